The van der Waals surface area contributed by atoms with E-state index in [1.165, 1.54) is 17.4 Å². The number of carbonyl (C=O) groups excluding carboxylic acids is 2. The highest BCUT2D eigenvalue weighted by Crippen LogP contribution is 2.24. The van der Waals surface area contributed by atoms with E-state index in [4.69, 9.17) is 0 Å². The molecule has 0 aliphatic carbocycles. The maximum Gasteiger partial charge on any atom is 0.220 e. The van der Waals surface area contributed by atoms with Gasteiger partial charge in [-0.15, -0.1) is 11.3 Å². The van der Waals surface area contributed by atoms with E-state index < -0.39 is 0 Å². The lowest BCUT2D eigenvalue weighted by Gasteiger charge is -2.32. The van der Waals surface area contributed by atoms with Gasteiger partial charge in [0.25, 0.3) is 0 Å². The largest absolute Gasteiger partial charge is 0.356 e. The molecule has 0 aromatic carbocycles. The van der Waals surface area contributed by atoms with Gasteiger partial charge in [0.1, 0.15) is 0 Å². The topological polar surface area (TPSA) is 61.4 Å². The van der Waals surface area contributed by atoms with Gasteiger partial charge in [-0.3, -0.25) is 14.5 Å². The standard InChI is InChI=1S/C16H25N3O2S/c1-12(10-18-16(21)4-3-7-17-13(2)20)19-8-5-15-14(11-19)6-9-22-15/h6,9,12H,3-5,7-8,10-11H2,1-2H3,(H,17,20)(H,18,21)/t12-/m1/s1. The molecule has 0 bridgehead atoms. The van der Waals surface area contributed by atoms with Gasteiger partial charge < -0.3 is 10.6 Å². The van der Waals surface area contributed by atoms with E-state index >= 15 is 0 Å². The Balaban J connectivity index is 1.64. The molecule has 0 spiro atoms. The molecule has 0 radical (unpaired) electrons. The SMILES string of the molecule is CC(=O)NCCCC(=O)NC[C@@H](C)N1CCc2sccc2C1. The molecule has 0 saturated carbocycles. The smallest absolute Gasteiger partial charge is 0.220 e. The minimum absolute atomic E-state index is 0.0491. The predicted molar refractivity (Wildman–Crippen MR) is 88.8 cm³/mol. The second kappa shape index (κ2) is 8.29. The Morgan fingerprint density at radius 2 is 2.23 bits per heavy atom. The molecule has 6 heteroatoms. The molecule has 0 unspecified atom stereocenters. The highest BCUT2D eigenvalue weighted by molar-refractivity contribution is 7.10. The molecule has 2 heterocycles. The second-order valence-corrected chi connectivity index (χ2v) is 6.83. The van der Waals surface area contributed by atoms with Crippen molar-refractivity contribution in [3.8, 4) is 0 Å². The minimum Gasteiger partial charge on any atom is -0.356 e. The van der Waals surface area contributed by atoms with Gasteiger partial charge in [-0.2, -0.15) is 0 Å². The van der Waals surface area contributed by atoms with Gasteiger partial charge >= 0.3 is 0 Å². The first-order valence-electron chi connectivity index (χ1n) is 7.86. The first-order chi connectivity index (χ1) is 10.6. The van der Waals surface area contributed by atoms with Crippen LogP contribution < -0.4 is 10.6 Å². The summed E-state index contributed by atoms with van der Waals surface area (Å²) in [5.41, 5.74) is 1.43. The molecule has 5 nitrogen and oxygen atoms in total. The molecular formula is C16H25N3O2S. The number of rotatable bonds is 7. The van der Waals surface area contributed by atoms with E-state index in [-0.39, 0.29) is 11.8 Å². The summed E-state index contributed by atoms with van der Waals surface area (Å²) in [6, 6.07) is 2.55. The highest BCUT2D eigenvalue weighted by Gasteiger charge is 2.21. The lowest BCUT2D eigenvalue weighted by atomic mass is 10.1. The zero-order valence-corrected chi connectivity index (χ0v) is 14.2. The Labute approximate surface area is 136 Å². The third kappa shape index (κ3) is 5.10. The normalized spacial score (nSPS) is 15.9. The van der Waals surface area contributed by atoms with Crippen molar-refractivity contribution in [1.29, 1.82) is 0 Å². The number of amides is 2. The molecule has 2 amide bonds. The maximum absolute atomic E-state index is 11.8. The third-order valence-electron chi connectivity index (χ3n) is 4.01. The van der Waals surface area contributed by atoms with Gasteiger partial charge in [-0.05, 0) is 36.8 Å². The van der Waals surface area contributed by atoms with Gasteiger partial charge in [0.15, 0.2) is 0 Å². The van der Waals surface area contributed by atoms with Gasteiger partial charge in [0.2, 0.25) is 11.8 Å². The first-order valence-corrected chi connectivity index (χ1v) is 8.74. The fourth-order valence-corrected chi connectivity index (χ4v) is 3.53. The van der Waals surface area contributed by atoms with Gasteiger partial charge in [-0.25, -0.2) is 0 Å². The zero-order valence-electron chi connectivity index (χ0n) is 13.4. The maximum atomic E-state index is 11.8. The van der Waals surface area contributed by atoms with E-state index in [2.05, 4.69) is 33.9 Å². The second-order valence-electron chi connectivity index (χ2n) is 5.83. The number of hydrogen-bond donors (Lipinski definition) is 2. The molecule has 1 aliphatic heterocycles. The van der Waals surface area contributed by atoms with Crippen LogP contribution in [0.2, 0.25) is 0 Å². The molecule has 1 aliphatic rings. The summed E-state index contributed by atoms with van der Waals surface area (Å²) >= 11 is 1.84. The van der Waals surface area contributed by atoms with E-state index in [0.717, 1.165) is 19.5 Å². The number of carbonyl (C=O) groups is 2. The van der Waals surface area contributed by atoms with Crippen LogP contribution in [0.15, 0.2) is 11.4 Å². The molecule has 0 fully saturated rings. The minimum atomic E-state index is -0.0491. The van der Waals surface area contributed by atoms with Crippen LogP contribution in [-0.2, 0) is 22.6 Å². The molecular weight excluding hydrogens is 298 g/mol. The van der Waals surface area contributed by atoms with Crippen LogP contribution in [0.1, 0.15) is 37.1 Å². The first kappa shape index (κ1) is 17.0. The summed E-state index contributed by atoms with van der Waals surface area (Å²) in [7, 11) is 0. The van der Waals surface area contributed by atoms with Crippen LogP contribution in [0.5, 0.6) is 0 Å². The summed E-state index contributed by atoms with van der Waals surface area (Å²) in [6.07, 6.45) is 2.26. The van der Waals surface area contributed by atoms with Crippen molar-refractivity contribution in [1.82, 2.24) is 15.5 Å². The fourth-order valence-electron chi connectivity index (χ4n) is 2.64. The van der Waals surface area contributed by atoms with Crippen LogP contribution in [0.3, 0.4) is 0 Å². The number of fused-ring (bicyclic) bond motifs is 1. The molecule has 2 N–H and O–H groups in total. The van der Waals surface area contributed by atoms with Crippen LogP contribution in [0.25, 0.3) is 0 Å². The van der Waals surface area contributed by atoms with E-state index in [1.807, 2.05) is 11.3 Å². The summed E-state index contributed by atoms with van der Waals surface area (Å²) < 4.78 is 0. The fraction of sp³-hybridized carbons (Fsp3) is 0.625. The lowest BCUT2D eigenvalue weighted by Crippen LogP contribution is -2.44. The van der Waals surface area contributed by atoms with Crippen molar-refractivity contribution in [3.63, 3.8) is 0 Å². The van der Waals surface area contributed by atoms with Gasteiger partial charge in [0.05, 0.1) is 0 Å². The quantitative estimate of drug-likeness (QED) is 0.748. The lowest BCUT2D eigenvalue weighted by molar-refractivity contribution is -0.122. The van der Waals surface area contributed by atoms with Crippen LogP contribution in [0.4, 0.5) is 0 Å². The number of nitrogens with zero attached hydrogens (tertiary/aromatic N) is 1. The zero-order chi connectivity index (χ0) is 15.9. The molecule has 122 valence electrons. The van der Waals surface area contributed by atoms with Crippen molar-refractivity contribution < 1.29 is 9.59 Å². The summed E-state index contributed by atoms with van der Waals surface area (Å²) in [5.74, 6) is 0.0114. The molecule has 2 rings (SSSR count). The van der Waals surface area contributed by atoms with Crippen molar-refractivity contribution in [3.05, 3.63) is 21.9 Å². The highest BCUT2D eigenvalue weighted by atomic mass is 32.1. The third-order valence-corrected chi connectivity index (χ3v) is 5.03. The summed E-state index contributed by atoms with van der Waals surface area (Å²) in [4.78, 5) is 26.4. The Hall–Kier alpha value is -1.40. The Morgan fingerprint density at radius 1 is 1.41 bits per heavy atom. The van der Waals surface area contributed by atoms with Gasteiger partial charge in [0, 0.05) is 50.4 Å². The molecule has 0 saturated heterocycles. The van der Waals surface area contributed by atoms with Crippen molar-refractivity contribution in [2.24, 2.45) is 0 Å². The molecule has 1 aromatic heterocycles. The van der Waals surface area contributed by atoms with Crippen molar-refractivity contribution >= 4 is 23.2 Å². The van der Waals surface area contributed by atoms with E-state index in [1.54, 1.807) is 0 Å². The summed E-state index contributed by atoms with van der Waals surface area (Å²) in [6.45, 7) is 6.93. The monoisotopic (exact) mass is 323 g/mol. The van der Waals surface area contributed by atoms with Crippen molar-refractivity contribution in [2.45, 2.75) is 45.7 Å². The number of hydrogen-bond acceptors (Lipinski definition) is 4. The van der Waals surface area contributed by atoms with Gasteiger partial charge in [-0.1, -0.05) is 0 Å². The van der Waals surface area contributed by atoms with Crippen LogP contribution in [-0.4, -0.2) is 42.4 Å². The van der Waals surface area contributed by atoms with E-state index in [9.17, 15) is 9.59 Å². The average molecular weight is 323 g/mol. The van der Waals surface area contributed by atoms with Crippen LogP contribution in [0, 0.1) is 0 Å². The average Bonchev–Trinajstić information content (AvgIpc) is 2.96. The Bertz CT molecular complexity index is 515. The summed E-state index contributed by atoms with van der Waals surface area (Å²) in [5, 5.41) is 7.86. The van der Waals surface area contributed by atoms with Crippen LogP contribution >= 0.6 is 11.3 Å². The number of thiophene rings is 1. The molecule has 1 atom stereocenters. The Morgan fingerprint density at radius 3 is 3.00 bits per heavy atom. The predicted octanol–water partition coefficient (Wildman–Crippen LogP) is 1.53. The number of nitrogens with one attached hydrogen (secondary N) is 2. The Kier molecular flexibility index (Phi) is 6.39. The molecule has 1 aromatic rings. The van der Waals surface area contributed by atoms with Crippen molar-refractivity contribution in [2.75, 3.05) is 19.6 Å². The van der Waals surface area contributed by atoms with E-state index in [0.29, 0.717) is 32.0 Å². The molecule has 22 heavy (non-hydrogen) atoms.